The van der Waals surface area contributed by atoms with Crippen molar-refractivity contribution in [3.8, 4) is 0 Å². The molecule has 1 aliphatic carbocycles. The van der Waals surface area contributed by atoms with Gasteiger partial charge in [-0.15, -0.1) is 0 Å². The molecule has 0 saturated heterocycles. The molecule has 0 radical (unpaired) electrons. The van der Waals surface area contributed by atoms with Gasteiger partial charge >= 0.3 is 0 Å². The van der Waals surface area contributed by atoms with E-state index in [1.54, 1.807) is 7.11 Å². The van der Waals surface area contributed by atoms with Crippen molar-refractivity contribution in [3.63, 3.8) is 0 Å². The van der Waals surface area contributed by atoms with Gasteiger partial charge in [0.1, 0.15) is 0 Å². The van der Waals surface area contributed by atoms with Gasteiger partial charge in [0.05, 0.1) is 6.61 Å². The van der Waals surface area contributed by atoms with E-state index in [9.17, 15) is 0 Å². The monoisotopic (exact) mass is 270 g/mol. The maximum absolute atomic E-state index is 6.28. The second-order valence-electron chi connectivity index (χ2n) is 6.63. The van der Waals surface area contributed by atoms with Gasteiger partial charge in [-0.3, -0.25) is 4.90 Å². The van der Waals surface area contributed by atoms with Crippen LogP contribution < -0.4 is 5.73 Å². The average Bonchev–Trinajstić information content (AvgIpc) is 2.70. The Labute approximate surface area is 119 Å². The van der Waals surface area contributed by atoms with Crippen LogP contribution in [0.4, 0.5) is 0 Å². The van der Waals surface area contributed by atoms with Gasteiger partial charge in [0.25, 0.3) is 0 Å². The smallest absolute Gasteiger partial charge is 0.0590 e. The highest BCUT2D eigenvalue weighted by Gasteiger charge is 2.52. The Morgan fingerprint density at radius 3 is 2.21 bits per heavy atom. The van der Waals surface area contributed by atoms with Gasteiger partial charge in [-0.05, 0) is 31.1 Å². The summed E-state index contributed by atoms with van der Waals surface area (Å²) in [5.74, 6) is 0. The van der Waals surface area contributed by atoms with Crippen LogP contribution in [0.15, 0.2) is 0 Å². The van der Waals surface area contributed by atoms with E-state index in [0.717, 1.165) is 19.7 Å². The van der Waals surface area contributed by atoms with Gasteiger partial charge in [-0.2, -0.15) is 0 Å². The van der Waals surface area contributed by atoms with Crippen LogP contribution in [0.25, 0.3) is 0 Å². The first kappa shape index (κ1) is 16.9. The third-order valence-corrected chi connectivity index (χ3v) is 5.46. The van der Waals surface area contributed by atoms with Crippen LogP contribution in [-0.2, 0) is 4.74 Å². The Morgan fingerprint density at radius 1 is 1.21 bits per heavy atom. The van der Waals surface area contributed by atoms with Crippen LogP contribution in [0.5, 0.6) is 0 Å². The summed E-state index contributed by atoms with van der Waals surface area (Å²) < 4.78 is 5.35. The number of methoxy groups -OCH3 is 1. The minimum atomic E-state index is 0.155. The molecule has 0 spiro atoms. The third-order valence-electron chi connectivity index (χ3n) is 5.46. The molecular weight excluding hydrogens is 236 g/mol. The van der Waals surface area contributed by atoms with Crippen LogP contribution >= 0.6 is 0 Å². The lowest BCUT2D eigenvalue weighted by molar-refractivity contribution is -0.0348. The normalized spacial score (nSPS) is 26.5. The zero-order chi connectivity index (χ0) is 14.5. The van der Waals surface area contributed by atoms with E-state index in [1.165, 1.54) is 32.1 Å². The van der Waals surface area contributed by atoms with E-state index in [-0.39, 0.29) is 5.54 Å². The van der Waals surface area contributed by atoms with Crippen LogP contribution in [0, 0.1) is 5.41 Å². The van der Waals surface area contributed by atoms with E-state index in [4.69, 9.17) is 10.5 Å². The number of hydrogen-bond donors (Lipinski definition) is 1. The molecule has 1 saturated carbocycles. The molecule has 1 aliphatic rings. The van der Waals surface area contributed by atoms with Crippen LogP contribution in [-0.4, -0.2) is 43.3 Å². The topological polar surface area (TPSA) is 38.5 Å². The molecule has 1 atom stereocenters. The molecule has 1 unspecified atom stereocenters. The number of nitrogens with zero attached hydrogens (tertiary/aromatic N) is 1. The Bertz CT molecular complexity index is 263. The van der Waals surface area contributed by atoms with Gasteiger partial charge in [-0.25, -0.2) is 0 Å². The summed E-state index contributed by atoms with van der Waals surface area (Å²) in [4.78, 5) is 2.68. The fourth-order valence-corrected chi connectivity index (χ4v) is 4.09. The van der Waals surface area contributed by atoms with E-state index in [1.807, 2.05) is 0 Å². The molecule has 0 aromatic carbocycles. The third kappa shape index (κ3) is 3.14. The lowest BCUT2D eigenvalue weighted by Crippen LogP contribution is -2.63. The lowest BCUT2D eigenvalue weighted by atomic mass is 9.72. The van der Waals surface area contributed by atoms with E-state index in [0.29, 0.717) is 11.5 Å². The molecule has 0 aromatic rings. The molecule has 0 aliphatic heterocycles. The fourth-order valence-electron chi connectivity index (χ4n) is 4.09. The minimum Gasteiger partial charge on any atom is -0.383 e. The van der Waals surface area contributed by atoms with Crippen molar-refractivity contribution in [2.45, 2.75) is 71.4 Å². The van der Waals surface area contributed by atoms with Crippen molar-refractivity contribution < 1.29 is 4.74 Å². The standard InChI is InChI=1S/C16H34N2O/c1-6-14(7-2)18(11-12-19-5)16(13-17)10-8-9-15(16,3)4/h14H,6-13,17H2,1-5H3. The number of nitrogens with two attached hydrogens (primary N) is 1. The number of rotatable bonds is 8. The SMILES string of the molecule is CCC(CC)N(CCOC)C1(CN)CCCC1(C)C. The van der Waals surface area contributed by atoms with E-state index < -0.39 is 0 Å². The molecule has 3 nitrogen and oxygen atoms in total. The largest absolute Gasteiger partial charge is 0.383 e. The van der Waals surface area contributed by atoms with Crippen LogP contribution in [0.3, 0.4) is 0 Å². The summed E-state index contributed by atoms with van der Waals surface area (Å²) in [6.45, 7) is 11.9. The van der Waals surface area contributed by atoms with Gasteiger partial charge < -0.3 is 10.5 Å². The van der Waals surface area contributed by atoms with Crippen molar-refractivity contribution in [1.29, 1.82) is 0 Å². The van der Waals surface area contributed by atoms with Gasteiger partial charge in [0.15, 0.2) is 0 Å². The zero-order valence-corrected chi connectivity index (χ0v) is 13.7. The van der Waals surface area contributed by atoms with Crippen molar-refractivity contribution in [2.24, 2.45) is 11.1 Å². The summed E-state index contributed by atoms with van der Waals surface area (Å²) in [6.07, 6.45) is 6.20. The zero-order valence-electron chi connectivity index (χ0n) is 13.7. The highest BCUT2D eigenvalue weighted by atomic mass is 16.5. The van der Waals surface area contributed by atoms with Gasteiger partial charge in [0.2, 0.25) is 0 Å². The highest BCUT2D eigenvalue weighted by Crippen LogP contribution is 2.50. The van der Waals surface area contributed by atoms with E-state index >= 15 is 0 Å². The maximum Gasteiger partial charge on any atom is 0.0590 e. The second kappa shape index (κ2) is 7.05. The molecule has 114 valence electrons. The van der Waals surface area contributed by atoms with Crippen molar-refractivity contribution in [1.82, 2.24) is 4.90 Å². The summed E-state index contributed by atoms with van der Waals surface area (Å²) in [5.41, 5.74) is 6.74. The fraction of sp³-hybridized carbons (Fsp3) is 1.00. The molecule has 1 fully saturated rings. The highest BCUT2D eigenvalue weighted by molar-refractivity contribution is 5.08. The summed E-state index contributed by atoms with van der Waals surface area (Å²) in [6, 6.07) is 0.621. The van der Waals surface area contributed by atoms with Crippen molar-refractivity contribution >= 4 is 0 Å². The molecule has 0 heterocycles. The molecule has 0 aromatic heterocycles. The van der Waals surface area contributed by atoms with Crippen LogP contribution in [0.1, 0.15) is 59.8 Å². The van der Waals surface area contributed by atoms with Gasteiger partial charge in [0, 0.05) is 31.8 Å². The summed E-state index contributed by atoms with van der Waals surface area (Å²) >= 11 is 0. The maximum atomic E-state index is 6.28. The Hall–Kier alpha value is -0.120. The molecule has 2 N–H and O–H groups in total. The Morgan fingerprint density at radius 2 is 1.84 bits per heavy atom. The molecule has 1 rings (SSSR count). The molecule has 0 amide bonds. The lowest BCUT2D eigenvalue weighted by Gasteiger charge is -2.52. The number of hydrogen-bond acceptors (Lipinski definition) is 3. The van der Waals surface area contributed by atoms with Crippen molar-refractivity contribution in [3.05, 3.63) is 0 Å². The van der Waals surface area contributed by atoms with Gasteiger partial charge in [-0.1, -0.05) is 34.1 Å². The number of ether oxygens (including phenoxy) is 1. The molecular formula is C16H34N2O. The summed E-state index contributed by atoms with van der Waals surface area (Å²) in [5, 5.41) is 0. The first-order valence-electron chi connectivity index (χ1n) is 7.94. The van der Waals surface area contributed by atoms with Crippen molar-refractivity contribution in [2.75, 3.05) is 26.8 Å². The van der Waals surface area contributed by atoms with Crippen LogP contribution in [0.2, 0.25) is 0 Å². The average molecular weight is 270 g/mol. The van der Waals surface area contributed by atoms with E-state index in [2.05, 4.69) is 32.6 Å². The predicted octanol–water partition coefficient (Wildman–Crippen LogP) is 3.03. The Balaban J connectivity index is 3.04. The molecule has 3 heteroatoms. The first-order valence-corrected chi connectivity index (χ1v) is 7.94. The first-order chi connectivity index (χ1) is 8.99. The predicted molar refractivity (Wildman–Crippen MR) is 82.4 cm³/mol. The molecule has 0 bridgehead atoms. The minimum absolute atomic E-state index is 0.155. The second-order valence-corrected chi connectivity index (χ2v) is 6.63. The Kier molecular flexibility index (Phi) is 6.28. The summed E-state index contributed by atoms with van der Waals surface area (Å²) in [7, 11) is 1.79. The quantitative estimate of drug-likeness (QED) is 0.737. The molecule has 19 heavy (non-hydrogen) atoms.